The number of aliphatic hydroxyl groups is 1. The second-order valence-electron chi connectivity index (χ2n) is 3.23. The number of nitrogens with two attached hydrogens (primary N) is 1. The van der Waals surface area contributed by atoms with Crippen LogP contribution in [0.15, 0.2) is 11.8 Å². The normalized spacial score (nSPS) is 22.3. The quantitative estimate of drug-likeness (QED) is 0.511. The summed E-state index contributed by atoms with van der Waals surface area (Å²) in [6, 6.07) is 0.154. The van der Waals surface area contributed by atoms with Crippen molar-refractivity contribution in [2.45, 2.75) is 18.9 Å². The van der Waals surface area contributed by atoms with E-state index in [9.17, 15) is 0 Å². The van der Waals surface area contributed by atoms with Gasteiger partial charge in [0.15, 0.2) is 0 Å². The molecular formula is C9H18N2O2. The number of ether oxygens (including phenoxy) is 1. The van der Waals surface area contributed by atoms with E-state index in [0.717, 1.165) is 31.7 Å². The van der Waals surface area contributed by atoms with Gasteiger partial charge in [-0.2, -0.15) is 0 Å². The molecule has 13 heavy (non-hydrogen) atoms. The van der Waals surface area contributed by atoms with Gasteiger partial charge in [0.2, 0.25) is 0 Å². The standard InChI is InChI=1S/C9H18N2O2/c10-8-2-3-9(13-7-8)6-11-4-1-5-12/h3,8,11-12H,1-2,4-7,10H2/t8-/m1/s1. The van der Waals surface area contributed by atoms with Crippen LogP contribution >= 0.6 is 0 Å². The molecule has 0 aromatic heterocycles. The molecule has 4 nitrogen and oxygen atoms in total. The monoisotopic (exact) mass is 186 g/mol. The Morgan fingerprint density at radius 3 is 3.15 bits per heavy atom. The molecule has 0 bridgehead atoms. The van der Waals surface area contributed by atoms with E-state index in [-0.39, 0.29) is 12.6 Å². The van der Waals surface area contributed by atoms with Gasteiger partial charge in [-0.3, -0.25) is 0 Å². The van der Waals surface area contributed by atoms with Crippen molar-refractivity contribution in [3.8, 4) is 0 Å². The molecule has 0 saturated carbocycles. The molecule has 0 aliphatic carbocycles. The first-order valence-corrected chi connectivity index (χ1v) is 4.72. The van der Waals surface area contributed by atoms with Gasteiger partial charge in [-0.05, 0) is 25.5 Å². The van der Waals surface area contributed by atoms with E-state index in [1.165, 1.54) is 0 Å². The van der Waals surface area contributed by atoms with E-state index in [0.29, 0.717) is 6.61 Å². The van der Waals surface area contributed by atoms with Crippen LogP contribution in [0.5, 0.6) is 0 Å². The summed E-state index contributed by atoms with van der Waals surface area (Å²) >= 11 is 0. The van der Waals surface area contributed by atoms with E-state index >= 15 is 0 Å². The Bertz CT molecular complexity index is 171. The molecule has 0 unspecified atom stereocenters. The van der Waals surface area contributed by atoms with E-state index in [1.54, 1.807) is 0 Å². The average molecular weight is 186 g/mol. The highest BCUT2D eigenvalue weighted by atomic mass is 16.5. The Labute approximate surface area is 78.8 Å². The highest BCUT2D eigenvalue weighted by Crippen LogP contribution is 2.07. The number of hydrogen-bond donors (Lipinski definition) is 3. The lowest BCUT2D eigenvalue weighted by molar-refractivity contribution is 0.170. The molecule has 0 spiro atoms. The molecule has 0 saturated heterocycles. The number of hydrogen-bond acceptors (Lipinski definition) is 4. The lowest BCUT2D eigenvalue weighted by atomic mass is 10.2. The number of nitrogens with one attached hydrogen (secondary N) is 1. The second kappa shape index (κ2) is 5.96. The van der Waals surface area contributed by atoms with Gasteiger partial charge >= 0.3 is 0 Å². The maximum Gasteiger partial charge on any atom is 0.106 e. The molecule has 1 atom stereocenters. The van der Waals surface area contributed by atoms with E-state index in [1.807, 2.05) is 6.08 Å². The summed E-state index contributed by atoms with van der Waals surface area (Å²) in [4.78, 5) is 0. The smallest absolute Gasteiger partial charge is 0.106 e. The Balaban J connectivity index is 2.08. The highest BCUT2D eigenvalue weighted by Gasteiger charge is 2.09. The Kier molecular flexibility index (Phi) is 4.82. The van der Waals surface area contributed by atoms with Gasteiger partial charge in [-0.1, -0.05) is 0 Å². The average Bonchev–Trinajstić information content (AvgIpc) is 2.15. The lowest BCUT2D eigenvalue weighted by Crippen LogP contribution is -2.31. The third kappa shape index (κ3) is 4.26. The van der Waals surface area contributed by atoms with Crippen LogP contribution in [0.2, 0.25) is 0 Å². The third-order valence-corrected chi connectivity index (χ3v) is 1.94. The fraction of sp³-hybridized carbons (Fsp3) is 0.778. The first-order chi connectivity index (χ1) is 6.33. The summed E-state index contributed by atoms with van der Waals surface area (Å²) < 4.78 is 5.38. The van der Waals surface area contributed by atoms with Gasteiger partial charge in [0.05, 0.1) is 6.54 Å². The maximum atomic E-state index is 8.54. The topological polar surface area (TPSA) is 67.5 Å². The lowest BCUT2D eigenvalue weighted by Gasteiger charge is -2.20. The molecule has 4 heteroatoms. The molecule has 0 fully saturated rings. The Hall–Kier alpha value is -0.580. The summed E-state index contributed by atoms with van der Waals surface area (Å²) in [7, 11) is 0. The van der Waals surface area contributed by atoms with Gasteiger partial charge in [-0.25, -0.2) is 0 Å². The second-order valence-corrected chi connectivity index (χ2v) is 3.23. The van der Waals surface area contributed by atoms with Crippen LogP contribution in [0, 0.1) is 0 Å². The van der Waals surface area contributed by atoms with Crippen LogP contribution in [0.3, 0.4) is 0 Å². The zero-order valence-corrected chi connectivity index (χ0v) is 7.83. The Morgan fingerprint density at radius 1 is 1.69 bits per heavy atom. The molecule has 1 aliphatic rings. The van der Waals surface area contributed by atoms with Gasteiger partial charge in [0, 0.05) is 12.6 Å². The maximum absolute atomic E-state index is 8.54. The van der Waals surface area contributed by atoms with Crippen LogP contribution in [0.1, 0.15) is 12.8 Å². The molecule has 4 N–H and O–H groups in total. The van der Waals surface area contributed by atoms with Crippen molar-refractivity contribution < 1.29 is 9.84 Å². The largest absolute Gasteiger partial charge is 0.495 e. The Morgan fingerprint density at radius 2 is 2.54 bits per heavy atom. The number of rotatable bonds is 5. The van der Waals surface area contributed by atoms with Gasteiger partial charge in [0.1, 0.15) is 12.4 Å². The summed E-state index contributed by atoms with van der Waals surface area (Å²) in [6.45, 7) is 2.42. The minimum absolute atomic E-state index is 0.154. The van der Waals surface area contributed by atoms with Crippen molar-refractivity contribution >= 4 is 0 Å². The highest BCUT2D eigenvalue weighted by molar-refractivity contribution is 5.00. The SMILES string of the molecule is N[C@@H]1CC=C(CNCCCO)OC1. The van der Waals surface area contributed by atoms with E-state index in [4.69, 9.17) is 15.6 Å². The molecule has 0 radical (unpaired) electrons. The summed E-state index contributed by atoms with van der Waals surface area (Å²) in [5, 5.41) is 11.7. The van der Waals surface area contributed by atoms with Crippen LogP contribution in [-0.4, -0.2) is 37.5 Å². The fourth-order valence-electron chi connectivity index (χ4n) is 1.16. The molecule has 0 aromatic carbocycles. The zero-order chi connectivity index (χ0) is 9.52. The summed E-state index contributed by atoms with van der Waals surface area (Å²) in [6.07, 6.45) is 3.71. The van der Waals surface area contributed by atoms with Crippen molar-refractivity contribution in [1.29, 1.82) is 0 Å². The molecule has 0 aromatic rings. The minimum Gasteiger partial charge on any atom is -0.495 e. The molecule has 0 amide bonds. The van der Waals surface area contributed by atoms with Crippen molar-refractivity contribution in [1.82, 2.24) is 5.32 Å². The minimum atomic E-state index is 0.154. The third-order valence-electron chi connectivity index (χ3n) is 1.94. The summed E-state index contributed by atoms with van der Waals surface area (Å²) in [5.41, 5.74) is 5.65. The molecular weight excluding hydrogens is 168 g/mol. The number of aliphatic hydroxyl groups excluding tert-OH is 1. The first kappa shape index (κ1) is 10.5. The van der Waals surface area contributed by atoms with Gasteiger partial charge < -0.3 is 20.9 Å². The van der Waals surface area contributed by atoms with Gasteiger partial charge in [0.25, 0.3) is 0 Å². The van der Waals surface area contributed by atoms with Crippen molar-refractivity contribution in [3.63, 3.8) is 0 Å². The fourth-order valence-corrected chi connectivity index (χ4v) is 1.16. The van der Waals surface area contributed by atoms with Crippen LogP contribution < -0.4 is 11.1 Å². The van der Waals surface area contributed by atoms with E-state index in [2.05, 4.69) is 5.32 Å². The first-order valence-electron chi connectivity index (χ1n) is 4.72. The molecule has 1 aliphatic heterocycles. The predicted molar refractivity (Wildman–Crippen MR) is 51.2 cm³/mol. The predicted octanol–water partition coefficient (Wildman–Crippen LogP) is -0.410. The molecule has 1 rings (SSSR count). The summed E-state index contributed by atoms with van der Waals surface area (Å²) in [5.74, 6) is 0.972. The van der Waals surface area contributed by atoms with Crippen LogP contribution in [-0.2, 0) is 4.74 Å². The van der Waals surface area contributed by atoms with Crippen molar-refractivity contribution in [2.24, 2.45) is 5.73 Å². The van der Waals surface area contributed by atoms with Crippen molar-refractivity contribution in [2.75, 3.05) is 26.3 Å². The van der Waals surface area contributed by atoms with Crippen LogP contribution in [0.4, 0.5) is 0 Å². The molecule has 76 valence electrons. The van der Waals surface area contributed by atoms with Crippen molar-refractivity contribution in [3.05, 3.63) is 11.8 Å². The van der Waals surface area contributed by atoms with E-state index < -0.39 is 0 Å². The zero-order valence-electron chi connectivity index (χ0n) is 7.83. The molecule has 1 heterocycles. The van der Waals surface area contributed by atoms with Crippen LogP contribution in [0.25, 0.3) is 0 Å². The van der Waals surface area contributed by atoms with Gasteiger partial charge in [-0.15, -0.1) is 0 Å².